The zero-order chi connectivity index (χ0) is 18.4. The van der Waals surface area contributed by atoms with Gasteiger partial charge in [-0.1, -0.05) is 26.0 Å². The summed E-state index contributed by atoms with van der Waals surface area (Å²) in [6, 6.07) is 9.34. The van der Waals surface area contributed by atoms with Crippen LogP contribution in [0.2, 0.25) is 0 Å². The molecule has 2 heterocycles. The van der Waals surface area contributed by atoms with Crippen molar-refractivity contribution in [3.05, 3.63) is 53.3 Å². The van der Waals surface area contributed by atoms with Crippen molar-refractivity contribution in [1.29, 1.82) is 0 Å². The number of hydrogen-bond donors (Lipinski definition) is 2. The lowest BCUT2D eigenvalue weighted by Crippen LogP contribution is -2.12. The molecule has 0 saturated heterocycles. The lowest BCUT2D eigenvalue weighted by Gasteiger charge is -2.11. The van der Waals surface area contributed by atoms with Gasteiger partial charge in [0, 0.05) is 18.8 Å². The molecule has 132 valence electrons. The van der Waals surface area contributed by atoms with E-state index in [-0.39, 0.29) is 5.56 Å². The number of benzene rings is 1. The summed E-state index contributed by atoms with van der Waals surface area (Å²) in [4.78, 5) is 15.6. The van der Waals surface area contributed by atoms with E-state index in [9.17, 15) is 9.90 Å². The maximum Gasteiger partial charge on any atom is 0.341 e. The SMILES string of the molecule is CC.COc1ccc(CNc2c(C(=O)O)cnc3cc(C)nn23)cc1. The molecule has 25 heavy (non-hydrogen) atoms. The second kappa shape index (κ2) is 8.14. The summed E-state index contributed by atoms with van der Waals surface area (Å²) in [5, 5.41) is 16.8. The third-order valence-corrected chi connectivity index (χ3v) is 3.45. The van der Waals surface area contributed by atoms with Crippen molar-refractivity contribution in [3.63, 3.8) is 0 Å². The Bertz CT molecular complexity index is 857. The minimum Gasteiger partial charge on any atom is -0.497 e. The summed E-state index contributed by atoms with van der Waals surface area (Å²) in [5.41, 5.74) is 2.45. The van der Waals surface area contributed by atoms with E-state index in [0.717, 1.165) is 17.0 Å². The van der Waals surface area contributed by atoms with Crippen molar-refractivity contribution in [1.82, 2.24) is 14.6 Å². The fourth-order valence-electron chi connectivity index (χ4n) is 2.30. The van der Waals surface area contributed by atoms with Crippen molar-refractivity contribution >= 4 is 17.4 Å². The molecule has 0 aliphatic carbocycles. The molecule has 0 saturated carbocycles. The maximum absolute atomic E-state index is 11.4. The van der Waals surface area contributed by atoms with Gasteiger partial charge in [0.1, 0.15) is 17.1 Å². The molecular weight excluding hydrogens is 320 g/mol. The number of hydrogen-bond acceptors (Lipinski definition) is 5. The molecule has 0 radical (unpaired) electrons. The van der Waals surface area contributed by atoms with Crippen LogP contribution in [0.25, 0.3) is 5.65 Å². The number of nitrogens with one attached hydrogen (secondary N) is 1. The van der Waals surface area contributed by atoms with Gasteiger partial charge in [0.15, 0.2) is 5.65 Å². The monoisotopic (exact) mass is 342 g/mol. The van der Waals surface area contributed by atoms with E-state index in [1.807, 2.05) is 45.0 Å². The Morgan fingerprint density at radius 1 is 1.28 bits per heavy atom. The molecule has 0 aliphatic heterocycles. The Hall–Kier alpha value is -3.09. The topological polar surface area (TPSA) is 88.8 Å². The largest absolute Gasteiger partial charge is 0.497 e. The van der Waals surface area contributed by atoms with E-state index in [1.165, 1.54) is 10.7 Å². The van der Waals surface area contributed by atoms with Gasteiger partial charge in [-0.25, -0.2) is 9.78 Å². The lowest BCUT2D eigenvalue weighted by atomic mass is 10.2. The number of fused-ring (bicyclic) bond motifs is 1. The predicted octanol–water partition coefficient (Wildman–Crippen LogP) is 3.38. The molecule has 2 N–H and O–H groups in total. The average Bonchev–Trinajstić information content (AvgIpc) is 3.02. The standard InChI is InChI=1S/C16H16N4O3.C2H6/c1-10-7-14-17-9-13(16(21)22)15(20(14)19-10)18-8-11-3-5-12(23-2)6-4-11;1-2/h3-7,9,18H,8H2,1-2H3,(H,21,22);1-2H3. The molecule has 7 nitrogen and oxygen atoms in total. The first-order chi connectivity index (χ1) is 12.1. The number of rotatable bonds is 5. The number of nitrogens with zero attached hydrogens (tertiary/aromatic N) is 3. The van der Waals surface area contributed by atoms with Gasteiger partial charge in [0.05, 0.1) is 12.8 Å². The second-order valence-electron chi connectivity index (χ2n) is 5.08. The van der Waals surface area contributed by atoms with Crippen LogP contribution >= 0.6 is 0 Å². The minimum atomic E-state index is -1.05. The van der Waals surface area contributed by atoms with Crippen LogP contribution in [0.4, 0.5) is 5.82 Å². The Morgan fingerprint density at radius 3 is 2.56 bits per heavy atom. The predicted molar refractivity (Wildman–Crippen MR) is 96.4 cm³/mol. The number of carboxylic acid groups (broad SMARTS) is 1. The van der Waals surface area contributed by atoms with E-state index < -0.39 is 5.97 Å². The van der Waals surface area contributed by atoms with Crippen LogP contribution in [0.15, 0.2) is 36.5 Å². The van der Waals surface area contributed by atoms with Gasteiger partial charge < -0.3 is 15.2 Å². The van der Waals surface area contributed by atoms with Crippen molar-refractivity contribution in [2.75, 3.05) is 12.4 Å². The first kappa shape index (κ1) is 18.3. The molecule has 0 aliphatic rings. The molecule has 1 aromatic carbocycles. The average molecular weight is 342 g/mol. The number of aryl methyl sites for hydroxylation is 1. The quantitative estimate of drug-likeness (QED) is 0.739. The van der Waals surface area contributed by atoms with Crippen LogP contribution in [0.3, 0.4) is 0 Å². The number of methoxy groups -OCH3 is 1. The van der Waals surface area contributed by atoms with Crippen molar-refractivity contribution in [2.45, 2.75) is 27.3 Å². The maximum atomic E-state index is 11.4. The molecule has 0 fully saturated rings. The molecule has 3 aromatic rings. The van der Waals surface area contributed by atoms with Gasteiger partial charge in [0.2, 0.25) is 0 Å². The summed E-state index contributed by atoms with van der Waals surface area (Å²) < 4.78 is 6.64. The van der Waals surface area contributed by atoms with Gasteiger partial charge in [-0.2, -0.15) is 9.61 Å². The second-order valence-corrected chi connectivity index (χ2v) is 5.08. The summed E-state index contributed by atoms with van der Waals surface area (Å²) in [6.07, 6.45) is 1.34. The van der Waals surface area contributed by atoms with E-state index in [1.54, 1.807) is 13.2 Å². The fraction of sp³-hybridized carbons (Fsp3) is 0.278. The summed E-state index contributed by atoms with van der Waals surface area (Å²) in [6.45, 7) is 6.30. The van der Waals surface area contributed by atoms with E-state index in [2.05, 4.69) is 15.4 Å². The van der Waals surface area contributed by atoms with Crippen LogP contribution in [-0.2, 0) is 6.54 Å². The number of ether oxygens (including phenoxy) is 1. The first-order valence-corrected chi connectivity index (χ1v) is 8.04. The van der Waals surface area contributed by atoms with Crippen LogP contribution in [0.1, 0.15) is 35.5 Å². The number of aromatic carboxylic acids is 1. The Morgan fingerprint density at radius 2 is 1.96 bits per heavy atom. The summed E-state index contributed by atoms with van der Waals surface area (Å²) in [5.74, 6) is 0.130. The van der Waals surface area contributed by atoms with Crippen molar-refractivity contribution in [3.8, 4) is 5.75 Å². The van der Waals surface area contributed by atoms with Crippen LogP contribution in [-0.4, -0.2) is 32.8 Å². The molecule has 7 heteroatoms. The van der Waals surface area contributed by atoms with Crippen LogP contribution in [0.5, 0.6) is 5.75 Å². The number of aromatic nitrogens is 3. The molecule has 0 bridgehead atoms. The zero-order valence-corrected chi connectivity index (χ0v) is 14.8. The Kier molecular flexibility index (Phi) is 5.94. The molecule has 0 spiro atoms. The number of carbonyl (C=O) groups is 1. The Balaban J connectivity index is 0.00000109. The van der Waals surface area contributed by atoms with Gasteiger partial charge in [-0.15, -0.1) is 0 Å². The van der Waals surface area contributed by atoms with Crippen LogP contribution in [0, 0.1) is 6.92 Å². The van der Waals surface area contributed by atoms with E-state index >= 15 is 0 Å². The first-order valence-electron chi connectivity index (χ1n) is 8.04. The highest BCUT2D eigenvalue weighted by molar-refractivity contribution is 5.93. The highest BCUT2D eigenvalue weighted by Gasteiger charge is 2.16. The molecule has 2 aromatic heterocycles. The summed E-state index contributed by atoms with van der Waals surface area (Å²) >= 11 is 0. The van der Waals surface area contributed by atoms with Crippen LogP contribution < -0.4 is 10.1 Å². The third kappa shape index (κ3) is 4.06. The van der Waals surface area contributed by atoms with Gasteiger partial charge in [-0.3, -0.25) is 0 Å². The van der Waals surface area contributed by atoms with Crippen molar-refractivity contribution in [2.24, 2.45) is 0 Å². The van der Waals surface area contributed by atoms with Gasteiger partial charge in [0.25, 0.3) is 0 Å². The van der Waals surface area contributed by atoms with Gasteiger partial charge in [-0.05, 0) is 24.6 Å². The van der Waals surface area contributed by atoms with E-state index in [0.29, 0.717) is 18.0 Å². The molecule has 3 rings (SSSR count). The number of carboxylic acids is 1. The highest BCUT2D eigenvalue weighted by Crippen LogP contribution is 2.19. The highest BCUT2D eigenvalue weighted by atomic mass is 16.5. The van der Waals surface area contributed by atoms with E-state index in [4.69, 9.17) is 4.74 Å². The normalized spacial score (nSPS) is 10.1. The fourth-order valence-corrected chi connectivity index (χ4v) is 2.30. The van der Waals surface area contributed by atoms with Gasteiger partial charge >= 0.3 is 5.97 Å². The number of anilines is 1. The minimum absolute atomic E-state index is 0.0779. The molecular formula is C18H22N4O3. The third-order valence-electron chi connectivity index (χ3n) is 3.45. The summed E-state index contributed by atoms with van der Waals surface area (Å²) in [7, 11) is 1.61. The molecule has 0 unspecified atom stereocenters. The molecule has 0 amide bonds. The zero-order valence-electron chi connectivity index (χ0n) is 14.8. The Labute approximate surface area is 146 Å². The molecule has 0 atom stereocenters. The smallest absolute Gasteiger partial charge is 0.341 e. The van der Waals surface area contributed by atoms with Crippen molar-refractivity contribution < 1.29 is 14.6 Å². The lowest BCUT2D eigenvalue weighted by molar-refractivity contribution is 0.0697.